The van der Waals surface area contributed by atoms with Gasteiger partial charge in [-0.05, 0) is 78.3 Å². The van der Waals surface area contributed by atoms with Crippen molar-refractivity contribution >= 4 is 35.5 Å². The summed E-state index contributed by atoms with van der Waals surface area (Å²) in [6.45, 7) is 15.7. The third-order valence-electron chi connectivity index (χ3n) is 5.24. The Balaban J connectivity index is 3.02. The van der Waals surface area contributed by atoms with Crippen LogP contribution in [0.5, 0.6) is 23.0 Å². The molecule has 36 heavy (non-hydrogen) atoms. The fourth-order valence-corrected chi connectivity index (χ4v) is 4.33. The summed E-state index contributed by atoms with van der Waals surface area (Å²) in [4.78, 5) is 12.9. The molecule has 6 nitrogen and oxygen atoms in total. The number of hydrogen-bond acceptors (Lipinski definition) is 6. The van der Waals surface area contributed by atoms with Crippen molar-refractivity contribution in [2.45, 2.75) is 78.7 Å². The molecule has 0 fully saturated rings. The summed E-state index contributed by atoms with van der Waals surface area (Å²) in [6, 6.07) is 7.34. The first-order valence-electron chi connectivity index (χ1n) is 11.5. The molecule has 200 valence electrons. The van der Waals surface area contributed by atoms with Crippen LogP contribution in [0.1, 0.15) is 73.4 Å². The minimum atomic E-state index is -1.81. The average molecular weight is 559 g/mol. The molecule has 0 N–H and O–H groups in total. The number of halogens is 2. The summed E-state index contributed by atoms with van der Waals surface area (Å²) in [5.41, 5.74) is 1.21. The van der Waals surface area contributed by atoms with Crippen molar-refractivity contribution in [3.05, 3.63) is 35.4 Å². The van der Waals surface area contributed by atoms with Crippen LogP contribution in [0.25, 0.3) is 11.1 Å². The van der Waals surface area contributed by atoms with E-state index in [9.17, 15) is 4.79 Å². The summed E-state index contributed by atoms with van der Waals surface area (Å²) < 4.78 is 28.7. The van der Waals surface area contributed by atoms with Crippen molar-refractivity contribution in [3.8, 4) is 34.1 Å². The zero-order valence-electron chi connectivity index (χ0n) is 23.0. The SMILES string of the molecule is COc1cc(-c2cc(OC)cc(C(C)(C)C)c2OP(Cl)Cl)c(OC(=O)OC(C)(C)C)c(C(C)(C)C)c1. The van der Waals surface area contributed by atoms with Crippen LogP contribution < -0.4 is 18.7 Å². The van der Waals surface area contributed by atoms with Gasteiger partial charge in [0.15, 0.2) is 0 Å². The van der Waals surface area contributed by atoms with E-state index >= 15 is 0 Å². The summed E-state index contributed by atoms with van der Waals surface area (Å²) >= 11 is 12.3. The highest BCUT2D eigenvalue weighted by Crippen LogP contribution is 2.55. The van der Waals surface area contributed by atoms with Crippen LogP contribution in [0, 0.1) is 0 Å². The topological polar surface area (TPSA) is 63.2 Å². The second kappa shape index (κ2) is 11.2. The summed E-state index contributed by atoms with van der Waals surface area (Å²) in [5.74, 6) is 1.97. The Hall–Kier alpha value is -1.88. The predicted molar refractivity (Wildman–Crippen MR) is 148 cm³/mol. The Bertz CT molecular complexity index is 1100. The Morgan fingerprint density at radius 3 is 1.50 bits per heavy atom. The van der Waals surface area contributed by atoms with E-state index in [-0.39, 0.29) is 5.41 Å². The molecular formula is C27H37Cl2O6P. The molecule has 0 amide bonds. The van der Waals surface area contributed by atoms with Crippen LogP contribution in [0.15, 0.2) is 24.3 Å². The van der Waals surface area contributed by atoms with Crippen LogP contribution in [-0.2, 0) is 15.6 Å². The van der Waals surface area contributed by atoms with Crippen LogP contribution in [-0.4, -0.2) is 26.0 Å². The second-order valence-electron chi connectivity index (χ2n) is 11.5. The van der Waals surface area contributed by atoms with Gasteiger partial charge >= 0.3 is 6.16 Å². The number of benzene rings is 2. The highest BCUT2D eigenvalue weighted by atomic mass is 35.9. The van der Waals surface area contributed by atoms with E-state index in [2.05, 4.69) is 0 Å². The number of rotatable bonds is 6. The van der Waals surface area contributed by atoms with Gasteiger partial charge < -0.3 is 23.5 Å². The van der Waals surface area contributed by atoms with Gasteiger partial charge in [0, 0.05) is 22.3 Å². The molecule has 0 heterocycles. The number of carbonyl (C=O) groups is 1. The lowest BCUT2D eigenvalue weighted by Crippen LogP contribution is -2.27. The van der Waals surface area contributed by atoms with Gasteiger partial charge in [0.25, 0.3) is 6.85 Å². The van der Waals surface area contributed by atoms with Crippen LogP contribution >= 0.6 is 29.3 Å². The van der Waals surface area contributed by atoms with Crippen molar-refractivity contribution in [3.63, 3.8) is 0 Å². The lowest BCUT2D eigenvalue weighted by atomic mass is 9.81. The van der Waals surface area contributed by atoms with E-state index < -0.39 is 24.0 Å². The van der Waals surface area contributed by atoms with Crippen molar-refractivity contribution < 1.29 is 28.3 Å². The maximum Gasteiger partial charge on any atom is 0.514 e. The molecule has 0 bridgehead atoms. The standard InChI is InChI=1S/C27H37Cl2O6P/c1-25(2,3)20-14-16(31-10)12-18(22(20)33-24(30)34-27(7,8)9)19-13-17(32-11)15-21(26(4,5)6)23(19)35-36(28)29/h12-15H,1-11H3. The minimum Gasteiger partial charge on any atom is -0.497 e. The van der Waals surface area contributed by atoms with Gasteiger partial charge in [-0.2, -0.15) is 0 Å². The Morgan fingerprint density at radius 1 is 0.722 bits per heavy atom. The summed E-state index contributed by atoms with van der Waals surface area (Å²) in [7, 11) is 3.17. The Labute approximate surface area is 225 Å². The summed E-state index contributed by atoms with van der Waals surface area (Å²) in [5, 5.41) is 0. The van der Waals surface area contributed by atoms with Crippen LogP contribution in [0.2, 0.25) is 0 Å². The molecular weight excluding hydrogens is 522 g/mol. The third-order valence-corrected chi connectivity index (χ3v) is 5.97. The van der Waals surface area contributed by atoms with Gasteiger partial charge in [0.2, 0.25) is 0 Å². The van der Waals surface area contributed by atoms with Gasteiger partial charge in [0.1, 0.15) is 28.6 Å². The van der Waals surface area contributed by atoms with E-state index in [0.29, 0.717) is 34.1 Å². The van der Waals surface area contributed by atoms with E-state index in [1.807, 2.05) is 53.7 Å². The molecule has 0 radical (unpaired) electrons. The molecule has 2 aromatic carbocycles. The normalized spacial score (nSPS) is 12.4. The summed E-state index contributed by atoms with van der Waals surface area (Å²) in [6.07, 6.45) is -0.822. The molecule has 0 spiro atoms. The van der Waals surface area contributed by atoms with Gasteiger partial charge in [-0.1, -0.05) is 41.5 Å². The maximum atomic E-state index is 12.9. The second-order valence-corrected chi connectivity index (χ2v) is 14.4. The van der Waals surface area contributed by atoms with E-state index in [4.69, 9.17) is 46.0 Å². The monoisotopic (exact) mass is 558 g/mol. The van der Waals surface area contributed by atoms with E-state index in [1.54, 1.807) is 47.1 Å². The zero-order chi connectivity index (χ0) is 27.6. The fraction of sp³-hybridized carbons (Fsp3) is 0.519. The molecule has 2 aromatic rings. The predicted octanol–water partition coefficient (Wildman–Crippen LogP) is 9.36. The number of ether oxygens (including phenoxy) is 4. The average Bonchev–Trinajstić information content (AvgIpc) is 2.70. The molecule has 9 heteroatoms. The van der Waals surface area contributed by atoms with Crippen molar-refractivity contribution in [1.29, 1.82) is 0 Å². The van der Waals surface area contributed by atoms with Crippen molar-refractivity contribution in [2.24, 2.45) is 0 Å². The third kappa shape index (κ3) is 7.81. The first-order chi connectivity index (χ1) is 16.4. The first kappa shape index (κ1) is 30.3. The number of hydrogen-bond donors (Lipinski definition) is 0. The lowest BCUT2D eigenvalue weighted by Gasteiger charge is -2.29. The maximum absolute atomic E-state index is 12.9. The molecule has 0 saturated carbocycles. The Morgan fingerprint density at radius 2 is 1.14 bits per heavy atom. The Kier molecular flexibility index (Phi) is 9.48. The molecule has 2 rings (SSSR count). The van der Waals surface area contributed by atoms with Gasteiger partial charge in [-0.3, -0.25) is 0 Å². The molecule has 0 unspecified atom stereocenters. The fourth-order valence-electron chi connectivity index (χ4n) is 3.59. The molecule has 0 aromatic heterocycles. The van der Waals surface area contributed by atoms with Crippen LogP contribution in [0.4, 0.5) is 4.79 Å². The van der Waals surface area contributed by atoms with Crippen molar-refractivity contribution in [2.75, 3.05) is 14.2 Å². The van der Waals surface area contributed by atoms with Crippen molar-refractivity contribution in [1.82, 2.24) is 0 Å². The molecule has 0 aliphatic rings. The number of carbonyl (C=O) groups excluding carboxylic acids is 1. The van der Waals surface area contributed by atoms with Gasteiger partial charge in [-0.25, -0.2) is 4.79 Å². The largest absolute Gasteiger partial charge is 0.514 e. The minimum absolute atomic E-state index is 0.323. The highest BCUT2D eigenvalue weighted by Gasteiger charge is 2.31. The van der Waals surface area contributed by atoms with Gasteiger partial charge in [0.05, 0.1) is 14.2 Å². The quantitative estimate of drug-likeness (QED) is 0.200. The van der Waals surface area contributed by atoms with E-state index in [0.717, 1.165) is 11.1 Å². The van der Waals surface area contributed by atoms with Crippen LogP contribution in [0.3, 0.4) is 0 Å². The molecule has 0 saturated heterocycles. The smallest absolute Gasteiger partial charge is 0.497 e. The highest BCUT2D eigenvalue weighted by molar-refractivity contribution is 8.00. The van der Waals surface area contributed by atoms with E-state index in [1.165, 1.54) is 0 Å². The zero-order valence-corrected chi connectivity index (χ0v) is 25.4. The molecule has 0 aliphatic heterocycles. The van der Waals surface area contributed by atoms with Gasteiger partial charge in [-0.15, -0.1) is 0 Å². The first-order valence-corrected chi connectivity index (χ1v) is 14.6. The molecule has 0 atom stereocenters. The lowest BCUT2D eigenvalue weighted by molar-refractivity contribution is 0.0204. The number of methoxy groups -OCH3 is 2. The molecule has 0 aliphatic carbocycles.